The van der Waals surface area contributed by atoms with Gasteiger partial charge in [0, 0.05) is 12.6 Å². The summed E-state index contributed by atoms with van der Waals surface area (Å²) in [5, 5.41) is 0. The Kier molecular flexibility index (Phi) is 4.55. The van der Waals surface area contributed by atoms with E-state index in [2.05, 4.69) is 4.90 Å². The minimum Gasteiger partial charge on any atom is -0.491 e. The van der Waals surface area contributed by atoms with Gasteiger partial charge in [0.1, 0.15) is 11.6 Å². The molecule has 0 bridgehead atoms. The number of halogens is 1. The molecule has 1 aromatic rings. The van der Waals surface area contributed by atoms with Crippen molar-refractivity contribution in [2.45, 2.75) is 13.3 Å². The van der Waals surface area contributed by atoms with E-state index in [0.29, 0.717) is 23.6 Å². The van der Waals surface area contributed by atoms with Gasteiger partial charge in [-0.2, -0.15) is 0 Å². The third kappa shape index (κ3) is 3.70. The molecule has 2 N–H and O–H groups in total. The van der Waals surface area contributed by atoms with Crippen molar-refractivity contribution in [3.63, 3.8) is 0 Å². The molecule has 0 aliphatic rings. The Morgan fingerprint density at radius 2 is 2.06 bits per heavy atom. The lowest BCUT2D eigenvalue weighted by Crippen LogP contribution is -2.15. The maximum Gasteiger partial charge on any atom is 0.142 e. The predicted molar refractivity (Wildman–Crippen MR) is 64.2 cm³/mol. The monoisotopic (exact) mass is 226 g/mol. The van der Waals surface area contributed by atoms with Crippen LogP contribution in [-0.4, -0.2) is 32.1 Å². The highest BCUT2D eigenvalue weighted by Gasteiger charge is 2.05. The molecule has 90 valence electrons. The lowest BCUT2D eigenvalue weighted by atomic mass is 10.2. The second-order valence-electron chi connectivity index (χ2n) is 4.14. The van der Waals surface area contributed by atoms with Gasteiger partial charge < -0.3 is 15.4 Å². The highest BCUT2D eigenvalue weighted by atomic mass is 19.1. The van der Waals surface area contributed by atoms with Gasteiger partial charge in [-0.25, -0.2) is 4.39 Å². The number of nitrogen functional groups attached to an aromatic ring is 1. The largest absolute Gasteiger partial charge is 0.491 e. The number of hydrogen-bond acceptors (Lipinski definition) is 3. The Labute approximate surface area is 96.0 Å². The topological polar surface area (TPSA) is 38.5 Å². The summed E-state index contributed by atoms with van der Waals surface area (Å²) < 4.78 is 18.6. The van der Waals surface area contributed by atoms with E-state index in [9.17, 15) is 4.39 Å². The molecular weight excluding hydrogens is 207 g/mol. The summed E-state index contributed by atoms with van der Waals surface area (Å²) in [7, 11) is 4.02. The third-order valence-electron chi connectivity index (χ3n) is 2.30. The van der Waals surface area contributed by atoms with Crippen LogP contribution < -0.4 is 10.5 Å². The number of anilines is 1. The maximum atomic E-state index is 13.1. The van der Waals surface area contributed by atoms with Gasteiger partial charge in [-0.15, -0.1) is 0 Å². The average molecular weight is 226 g/mol. The molecule has 0 fully saturated rings. The number of ether oxygens (including phenoxy) is 1. The zero-order valence-corrected chi connectivity index (χ0v) is 10.1. The molecule has 4 heteroatoms. The van der Waals surface area contributed by atoms with Crippen molar-refractivity contribution in [3.8, 4) is 5.75 Å². The molecule has 0 atom stereocenters. The van der Waals surface area contributed by atoms with E-state index in [1.165, 1.54) is 6.07 Å². The van der Waals surface area contributed by atoms with Gasteiger partial charge >= 0.3 is 0 Å². The Hall–Kier alpha value is -1.29. The van der Waals surface area contributed by atoms with Gasteiger partial charge in [0.15, 0.2) is 0 Å². The summed E-state index contributed by atoms with van der Waals surface area (Å²) >= 11 is 0. The summed E-state index contributed by atoms with van der Waals surface area (Å²) in [5.41, 5.74) is 6.56. The van der Waals surface area contributed by atoms with Crippen molar-refractivity contribution in [1.29, 1.82) is 0 Å². The minimum absolute atomic E-state index is 0.293. The van der Waals surface area contributed by atoms with Crippen LogP contribution >= 0.6 is 0 Å². The molecule has 0 amide bonds. The number of nitrogens with two attached hydrogens (primary N) is 1. The Morgan fingerprint density at radius 3 is 2.69 bits per heavy atom. The van der Waals surface area contributed by atoms with Crippen molar-refractivity contribution in [2.24, 2.45) is 0 Å². The van der Waals surface area contributed by atoms with E-state index in [0.717, 1.165) is 13.0 Å². The van der Waals surface area contributed by atoms with Crippen LogP contribution in [-0.2, 0) is 0 Å². The van der Waals surface area contributed by atoms with E-state index in [1.807, 2.05) is 14.1 Å². The molecule has 0 aliphatic heterocycles. The Balaban J connectivity index is 2.51. The normalized spacial score (nSPS) is 10.8. The molecule has 0 spiro atoms. The smallest absolute Gasteiger partial charge is 0.142 e. The molecule has 3 nitrogen and oxygen atoms in total. The fourth-order valence-corrected chi connectivity index (χ4v) is 1.36. The van der Waals surface area contributed by atoms with E-state index >= 15 is 0 Å². The molecule has 16 heavy (non-hydrogen) atoms. The van der Waals surface area contributed by atoms with E-state index in [1.54, 1.807) is 13.0 Å². The summed E-state index contributed by atoms with van der Waals surface area (Å²) in [4.78, 5) is 2.09. The molecule has 0 aliphatic carbocycles. The molecule has 0 aromatic heterocycles. The fourth-order valence-electron chi connectivity index (χ4n) is 1.36. The molecule has 0 radical (unpaired) electrons. The molecular formula is C12H19FN2O. The van der Waals surface area contributed by atoms with Crippen LogP contribution in [0.15, 0.2) is 12.1 Å². The van der Waals surface area contributed by atoms with Crippen molar-refractivity contribution in [3.05, 3.63) is 23.5 Å². The number of rotatable bonds is 5. The van der Waals surface area contributed by atoms with Crippen LogP contribution in [0, 0.1) is 12.7 Å². The van der Waals surface area contributed by atoms with Crippen LogP contribution in [0.5, 0.6) is 5.75 Å². The first-order chi connectivity index (χ1) is 7.50. The van der Waals surface area contributed by atoms with E-state index in [-0.39, 0.29) is 5.82 Å². The Bertz CT molecular complexity index is 353. The number of hydrogen-bond donors (Lipinski definition) is 1. The van der Waals surface area contributed by atoms with Crippen molar-refractivity contribution in [1.82, 2.24) is 4.90 Å². The Morgan fingerprint density at radius 1 is 1.38 bits per heavy atom. The molecule has 0 unspecified atom stereocenters. The molecule has 0 heterocycles. The zero-order chi connectivity index (χ0) is 12.1. The fraction of sp³-hybridized carbons (Fsp3) is 0.500. The summed E-state index contributed by atoms with van der Waals surface area (Å²) in [6.07, 6.45) is 0.920. The molecule has 1 aromatic carbocycles. The molecule has 1 rings (SSSR count). The van der Waals surface area contributed by atoms with Gasteiger partial charge in [0.25, 0.3) is 0 Å². The standard InChI is InChI=1S/C12H19FN2O/c1-9-7-12(11(14)8-10(9)13)16-6-4-5-15(2)3/h7-8H,4-6,14H2,1-3H3. The molecule has 0 saturated heterocycles. The summed E-state index contributed by atoms with van der Waals surface area (Å²) in [5.74, 6) is 0.274. The van der Waals surface area contributed by atoms with E-state index < -0.39 is 0 Å². The van der Waals surface area contributed by atoms with Crippen LogP contribution in [0.4, 0.5) is 10.1 Å². The van der Waals surface area contributed by atoms with Gasteiger partial charge in [-0.3, -0.25) is 0 Å². The van der Waals surface area contributed by atoms with Crippen LogP contribution in [0.2, 0.25) is 0 Å². The van der Waals surface area contributed by atoms with Crippen molar-refractivity contribution in [2.75, 3.05) is 33.0 Å². The second-order valence-corrected chi connectivity index (χ2v) is 4.14. The van der Waals surface area contributed by atoms with Gasteiger partial charge in [-0.05, 0) is 39.1 Å². The lowest BCUT2D eigenvalue weighted by molar-refractivity contribution is 0.282. The highest BCUT2D eigenvalue weighted by molar-refractivity contribution is 5.54. The second kappa shape index (κ2) is 5.70. The first kappa shape index (κ1) is 12.8. The quantitative estimate of drug-likeness (QED) is 0.617. The van der Waals surface area contributed by atoms with Crippen molar-refractivity contribution < 1.29 is 9.13 Å². The first-order valence-corrected chi connectivity index (χ1v) is 5.34. The van der Waals surface area contributed by atoms with E-state index in [4.69, 9.17) is 10.5 Å². The minimum atomic E-state index is -0.293. The van der Waals surface area contributed by atoms with Crippen LogP contribution in [0.1, 0.15) is 12.0 Å². The van der Waals surface area contributed by atoms with Gasteiger partial charge in [0.2, 0.25) is 0 Å². The van der Waals surface area contributed by atoms with Crippen LogP contribution in [0.3, 0.4) is 0 Å². The predicted octanol–water partition coefficient (Wildman–Crippen LogP) is 2.05. The number of aryl methyl sites for hydroxylation is 1. The lowest BCUT2D eigenvalue weighted by Gasteiger charge is -2.12. The number of benzene rings is 1. The first-order valence-electron chi connectivity index (χ1n) is 5.34. The maximum absolute atomic E-state index is 13.1. The summed E-state index contributed by atoms with van der Waals surface area (Å²) in [6.45, 7) is 3.25. The summed E-state index contributed by atoms with van der Waals surface area (Å²) in [6, 6.07) is 2.94. The van der Waals surface area contributed by atoms with Crippen molar-refractivity contribution >= 4 is 5.69 Å². The zero-order valence-electron chi connectivity index (χ0n) is 10.1. The molecule has 0 saturated carbocycles. The van der Waals surface area contributed by atoms with Gasteiger partial charge in [0.05, 0.1) is 12.3 Å². The average Bonchev–Trinajstić information content (AvgIpc) is 2.19. The highest BCUT2D eigenvalue weighted by Crippen LogP contribution is 2.24. The van der Waals surface area contributed by atoms with Crippen LogP contribution in [0.25, 0.3) is 0 Å². The third-order valence-corrected chi connectivity index (χ3v) is 2.30. The number of nitrogens with zero attached hydrogens (tertiary/aromatic N) is 1. The van der Waals surface area contributed by atoms with Gasteiger partial charge in [-0.1, -0.05) is 0 Å². The SMILES string of the molecule is Cc1cc(OCCCN(C)C)c(N)cc1F.